The van der Waals surface area contributed by atoms with Gasteiger partial charge in [-0.2, -0.15) is 5.43 Å². The Hall–Kier alpha value is -5.24. The molecule has 0 unspecified atom stereocenters. The van der Waals surface area contributed by atoms with Gasteiger partial charge in [-0.3, -0.25) is 9.97 Å². The molecule has 6 rings (SSSR count). The molecule has 0 atom stereocenters. The molecule has 4 heterocycles. The lowest BCUT2D eigenvalue weighted by molar-refractivity contribution is -0.614. The molecule has 210 valence electrons. The second-order valence-electron chi connectivity index (χ2n) is 11.1. The average Bonchev–Trinajstić information content (AvgIpc) is 2.97. The van der Waals surface area contributed by atoms with Crippen LogP contribution in [0.3, 0.4) is 0 Å². The lowest BCUT2D eigenvalue weighted by Crippen LogP contribution is -2.43. The van der Waals surface area contributed by atoms with Crippen LogP contribution in [0, 0.1) is 0 Å². The maximum absolute atomic E-state index is 10.8. The smallest absolute Gasteiger partial charge is 0.246 e. The van der Waals surface area contributed by atoms with E-state index in [1.807, 2.05) is 81.0 Å². The van der Waals surface area contributed by atoms with Gasteiger partial charge in [-0.1, -0.05) is 56.6 Å². The molecule has 0 amide bonds. The zero-order chi connectivity index (χ0) is 29.5. The number of hydrogen-bond acceptors (Lipinski definition) is 7. The molecule has 0 bridgehead atoms. The van der Waals surface area contributed by atoms with Crippen molar-refractivity contribution in [3.63, 3.8) is 0 Å². The van der Waals surface area contributed by atoms with Crippen LogP contribution in [-0.4, -0.2) is 30.3 Å². The maximum Gasteiger partial charge on any atom is 0.246 e. The molecule has 4 aromatic heterocycles. The van der Waals surface area contributed by atoms with E-state index in [9.17, 15) is 15.3 Å². The number of para-hydroxylation sites is 1. The summed E-state index contributed by atoms with van der Waals surface area (Å²) < 4.78 is 1.85. The minimum absolute atomic E-state index is 0.0826. The second-order valence-corrected chi connectivity index (χ2v) is 11.1. The molecule has 8 heteroatoms. The zero-order valence-electron chi connectivity index (χ0n) is 23.9. The van der Waals surface area contributed by atoms with E-state index in [1.54, 1.807) is 36.7 Å². The van der Waals surface area contributed by atoms with E-state index in [0.717, 1.165) is 27.7 Å². The van der Waals surface area contributed by atoms with Gasteiger partial charge in [-0.25, -0.2) is 4.98 Å². The molecular weight excluding hydrogens is 526 g/mol. The molecule has 0 spiro atoms. The molecule has 0 saturated heterocycles. The number of aromatic hydroxyl groups is 3. The van der Waals surface area contributed by atoms with Gasteiger partial charge < -0.3 is 15.3 Å². The molecule has 8 nitrogen and oxygen atoms in total. The highest BCUT2D eigenvalue weighted by molar-refractivity contribution is 5.94. The summed E-state index contributed by atoms with van der Waals surface area (Å²) in [6.07, 6.45) is 5.38. The van der Waals surface area contributed by atoms with Crippen LogP contribution in [0.2, 0.25) is 0 Å². The number of phenols is 1. The van der Waals surface area contributed by atoms with E-state index >= 15 is 0 Å². The van der Waals surface area contributed by atoms with Gasteiger partial charge in [0.2, 0.25) is 11.7 Å². The molecule has 0 saturated carbocycles. The average molecular weight is 559 g/mol. The van der Waals surface area contributed by atoms with Gasteiger partial charge in [0.1, 0.15) is 22.9 Å². The van der Waals surface area contributed by atoms with Crippen molar-refractivity contribution >= 4 is 27.5 Å². The number of hydrogen-bond donors (Lipinski definition) is 4. The van der Waals surface area contributed by atoms with E-state index in [1.165, 1.54) is 0 Å². The Bertz CT molecular complexity index is 1970. The minimum Gasteiger partial charge on any atom is -0.507 e. The number of nitrogens with one attached hydrogen (secondary N) is 1. The Morgan fingerprint density at radius 3 is 2.02 bits per heavy atom. The van der Waals surface area contributed by atoms with Crippen molar-refractivity contribution < 1.29 is 20.0 Å². The van der Waals surface area contributed by atoms with Crippen LogP contribution in [-0.2, 0) is 0 Å². The van der Waals surface area contributed by atoms with E-state index in [0.29, 0.717) is 33.6 Å². The van der Waals surface area contributed by atoms with Gasteiger partial charge in [0, 0.05) is 35.0 Å². The van der Waals surface area contributed by atoms with Gasteiger partial charge in [-0.15, -0.1) is 0 Å². The number of fused-ring (bicyclic) bond motifs is 2. The lowest BCUT2D eigenvalue weighted by Gasteiger charge is -2.13. The summed E-state index contributed by atoms with van der Waals surface area (Å²) in [6.45, 7) is 7.94. The van der Waals surface area contributed by atoms with Crippen molar-refractivity contribution in [2.45, 2.75) is 39.5 Å². The van der Waals surface area contributed by atoms with Crippen LogP contribution >= 0.6 is 0 Å². The van der Waals surface area contributed by atoms with Crippen LogP contribution in [0.15, 0.2) is 85.3 Å². The normalized spacial score (nSPS) is 11.6. The maximum atomic E-state index is 10.8. The van der Waals surface area contributed by atoms with Crippen molar-refractivity contribution in [1.82, 2.24) is 15.0 Å². The van der Waals surface area contributed by atoms with Crippen LogP contribution in [0.25, 0.3) is 44.2 Å². The number of rotatable bonds is 6. The number of nitrogens with zero attached hydrogens (tertiary/aromatic N) is 4. The fraction of sp³-hybridized carbons (Fsp3) is 0.176. The number of phenolic OH excluding ortho intramolecular Hbond substituents is 1. The monoisotopic (exact) mass is 558 g/mol. The Balaban J connectivity index is 1.51. The number of benzene rings is 2. The molecular formula is C34H32N5O3+. The van der Waals surface area contributed by atoms with Gasteiger partial charge >= 0.3 is 0 Å². The molecule has 0 aliphatic rings. The van der Waals surface area contributed by atoms with Crippen molar-refractivity contribution in [3.8, 4) is 39.6 Å². The number of aromatic nitrogens is 4. The first-order valence-electron chi connectivity index (χ1n) is 13.9. The molecule has 4 N–H and O–H groups in total. The molecule has 0 radical (unpaired) electrons. The standard InChI is InChI=1S/C34H31N5O3/c1-19(2)33-31(41)13-21(16-35-33)23-12-25-29(10-7-11-30(25)40)39(18-23)38-28-15-27(37-26-9-6-5-8-24(26)28)22-14-32(42)34(20(3)4)36-17-22/h5-20H,1-4H3,(H3,37,38,41,42)/p+1. The summed E-state index contributed by atoms with van der Waals surface area (Å²) in [5.41, 5.74) is 9.89. The van der Waals surface area contributed by atoms with E-state index in [-0.39, 0.29) is 29.1 Å². The number of anilines is 1. The summed E-state index contributed by atoms with van der Waals surface area (Å²) in [4.78, 5) is 13.9. The first kappa shape index (κ1) is 27.0. The third-order valence-corrected chi connectivity index (χ3v) is 7.36. The summed E-state index contributed by atoms with van der Waals surface area (Å²) in [6, 6.07) is 20.4. The highest BCUT2D eigenvalue weighted by Crippen LogP contribution is 2.34. The van der Waals surface area contributed by atoms with Crippen molar-refractivity contribution in [2.24, 2.45) is 0 Å². The Labute approximate surface area is 243 Å². The fourth-order valence-electron chi connectivity index (χ4n) is 5.21. The van der Waals surface area contributed by atoms with Crippen LogP contribution < -0.4 is 10.1 Å². The molecule has 42 heavy (non-hydrogen) atoms. The quantitative estimate of drug-likeness (QED) is 0.162. The first-order chi connectivity index (χ1) is 20.2. The Kier molecular flexibility index (Phi) is 6.82. The van der Waals surface area contributed by atoms with E-state index < -0.39 is 0 Å². The van der Waals surface area contributed by atoms with Crippen molar-refractivity contribution in [2.75, 3.05) is 5.43 Å². The van der Waals surface area contributed by atoms with E-state index in [4.69, 9.17) is 4.98 Å². The zero-order valence-corrected chi connectivity index (χ0v) is 23.9. The predicted molar refractivity (Wildman–Crippen MR) is 165 cm³/mol. The van der Waals surface area contributed by atoms with Gasteiger partial charge in [0.25, 0.3) is 0 Å². The minimum atomic E-state index is 0.0826. The summed E-state index contributed by atoms with van der Waals surface area (Å²) in [5, 5.41) is 33.6. The van der Waals surface area contributed by atoms with Crippen LogP contribution in [0.5, 0.6) is 17.2 Å². The van der Waals surface area contributed by atoms with Crippen molar-refractivity contribution in [3.05, 3.63) is 96.7 Å². The van der Waals surface area contributed by atoms with Crippen LogP contribution in [0.4, 0.5) is 5.69 Å². The topological polar surface area (TPSA) is 115 Å². The number of pyridine rings is 4. The highest BCUT2D eigenvalue weighted by atomic mass is 16.3. The molecule has 0 fully saturated rings. The SMILES string of the molecule is CC(C)c1ncc(-c2cc3c(O)cccc3[n+](Nc3cc(-c4cnc(C(C)C)c(O)c4)nc4ccccc34)c2)cc1O. The van der Waals surface area contributed by atoms with Gasteiger partial charge in [0.15, 0.2) is 0 Å². The summed E-state index contributed by atoms with van der Waals surface area (Å²) in [5.74, 6) is 0.570. The third kappa shape index (κ3) is 4.92. The predicted octanol–water partition coefficient (Wildman–Crippen LogP) is 7.04. The molecule has 6 aromatic rings. The third-order valence-electron chi connectivity index (χ3n) is 7.36. The summed E-state index contributed by atoms with van der Waals surface area (Å²) in [7, 11) is 0. The Morgan fingerprint density at radius 2 is 1.33 bits per heavy atom. The first-order valence-corrected chi connectivity index (χ1v) is 13.9. The highest BCUT2D eigenvalue weighted by Gasteiger charge is 2.20. The molecule has 0 aliphatic carbocycles. The lowest BCUT2D eigenvalue weighted by atomic mass is 10.0. The second kappa shape index (κ2) is 10.6. The van der Waals surface area contributed by atoms with Crippen molar-refractivity contribution in [1.29, 1.82) is 0 Å². The van der Waals surface area contributed by atoms with Crippen LogP contribution in [0.1, 0.15) is 50.9 Å². The Morgan fingerprint density at radius 1 is 0.667 bits per heavy atom. The van der Waals surface area contributed by atoms with Gasteiger partial charge in [0.05, 0.1) is 33.5 Å². The van der Waals surface area contributed by atoms with Gasteiger partial charge in [-0.05, 0) is 48.2 Å². The molecule has 0 aliphatic heterocycles. The summed E-state index contributed by atoms with van der Waals surface area (Å²) >= 11 is 0. The fourth-order valence-corrected chi connectivity index (χ4v) is 5.21. The molecule has 2 aromatic carbocycles. The van der Waals surface area contributed by atoms with E-state index in [2.05, 4.69) is 15.4 Å². The largest absolute Gasteiger partial charge is 0.507 e.